The third-order valence-electron chi connectivity index (χ3n) is 4.68. The molecule has 0 N–H and O–H groups in total. The minimum Gasteiger partial charge on any atom is -0.496 e. The Morgan fingerprint density at radius 3 is 2.36 bits per heavy atom. The molecule has 3 aromatic carbocycles. The van der Waals surface area contributed by atoms with Crippen molar-refractivity contribution in [2.45, 2.75) is 18.2 Å². The second kappa shape index (κ2) is 7.13. The van der Waals surface area contributed by atoms with E-state index >= 15 is 0 Å². The second-order valence-electron chi connectivity index (χ2n) is 6.59. The van der Waals surface area contributed by atoms with Crippen molar-refractivity contribution in [2.75, 3.05) is 7.11 Å². The summed E-state index contributed by atoms with van der Waals surface area (Å²) in [6.07, 6.45) is 0.337. The zero-order valence-electron chi connectivity index (χ0n) is 15.7. The third-order valence-corrected chi connectivity index (χ3v) is 6.44. The number of nitrogens with zero attached hydrogens (tertiary/aromatic N) is 2. The third kappa shape index (κ3) is 3.16. The van der Waals surface area contributed by atoms with Gasteiger partial charge in [-0.25, -0.2) is 17.4 Å². The number of imidazole rings is 1. The van der Waals surface area contributed by atoms with Gasteiger partial charge in [0.15, 0.2) is 0 Å². The van der Waals surface area contributed by atoms with Gasteiger partial charge in [0, 0.05) is 12.0 Å². The number of benzene rings is 3. The molecule has 0 radical (unpaired) electrons. The largest absolute Gasteiger partial charge is 0.496 e. The first-order valence-corrected chi connectivity index (χ1v) is 10.4. The van der Waals surface area contributed by atoms with Gasteiger partial charge in [-0.1, -0.05) is 48.0 Å². The molecule has 142 valence electrons. The van der Waals surface area contributed by atoms with Gasteiger partial charge >= 0.3 is 0 Å². The van der Waals surface area contributed by atoms with Crippen molar-refractivity contribution >= 4 is 21.1 Å². The molecule has 0 aliphatic heterocycles. The fraction of sp³-hybridized carbons (Fsp3) is 0.136. The summed E-state index contributed by atoms with van der Waals surface area (Å²) in [5.74, 6) is 1.15. The van der Waals surface area contributed by atoms with Gasteiger partial charge in [-0.15, -0.1) is 0 Å². The zero-order chi connectivity index (χ0) is 19.7. The van der Waals surface area contributed by atoms with Crippen LogP contribution in [0.5, 0.6) is 5.75 Å². The Balaban J connectivity index is 1.92. The van der Waals surface area contributed by atoms with Crippen molar-refractivity contribution in [3.63, 3.8) is 0 Å². The molecule has 0 bridgehead atoms. The number of aryl methyl sites for hydroxylation is 1. The molecule has 0 aliphatic carbocycles. The van der Waals surface area contributed by atoms with Gasteiger partial charge in [-0.3, -0.25) is 0 Å². The first kappa shape index (κ1) is 18.3. The maximum Gasteiger partial charge on any atom is 0.269 e. The predicted octanol–water partition coefficient (Wildman–Crippen LogP) is 4.18. The van der Waals surface area contributed by atoms with Crippen LogP contribution in [0.15, 0.2) is 77.7 Å². The molecule has 0 saturated carbocycles. The number of hydrogen-bond acceptors (Lipinski definition) is 4. The number of methoxy groups -OCH3 is 1. The van der Waals surface area contributed by atoms with Crippen molar-refractivity contribution in [1.82, 2.24) is 8.96 Å². The van der Waals surface area contributed by atoms with E-state index in [0.29, 0.717) is 29.0 Å². The van der Waals surface area contributed by atoms with E-state index in [9.17, 15) is 8.42 Å². The van der Waals surface area contributed by atoms with Gasteiger partial charge in [-0.2, -0.15) is 0 Å². The van der Waals surface area contributed by atoms with Crippen molar-refractivity contribution in [3.8, 4) is 5.75 Å². The molecule has 0 unspecified atom stereocenters. The lowest BCUT2D eigenvalue weighted by molar-refractivity contribution is 0.410. The highest BCUT2D eigenvalue weighted by Crippen LogP contribution is 2.27. The topological polar surface area (TPSA) is 61.2 Å². The molecule has 6 heteroatoms. The summed E-state index contributed by atoms with van der Waals surface area (Å²) in [4.78, 5) is 4.86. The van der Waals surface area contributed by atoms with E-state index in [0.717, 1.165) is 11.1 Å². The first-order valence-electron chi connectivity index (χ1n) is 8.91. The summed E-state index contributed by atoms with van der Waals surface area (Å²) in [5, 5.41) is 0. The molecule has 0 spiro atoms. The molecule has 0 aliphatic rings. The molecule has 0 saturated heterocycles. The van der Waals surface area contributed by atoms with E-state index in [4.69, 9.17) is 4.74 Å². The van der Waals surface area contributed by atoms with Crippen LogP contribution in [0.4, 0.5) is 0 Å². The highest BCUT2D eigenvalue weighted by atomic mass is 32.2. The van der Waals surface area contributed by atoms with E-state index in [1.807, 2.05) is 49.4 Å². The summed E-state index contributed by atoms with van der Waals surface area (Å²) in [7, 11) is -2.19. The SMILES string of the molecule is COc1ccccc1Cc1nc2ccccc2n1S(=O)(=O)c1ccc(C)cc1. The number of rotatable bonds is 5. The maximum atomic E-state index is 13.5. The average Bonchev–Trinajstić information content (AvgIpc) is 3.07. The lowest BCUT2D eigenvalue weighted by Gasteiger charge is -2.12. The summed E-state index contributed by atoms with van der Waals surface area (Å²) in [6, 6.07) is 21.7. The van der Waals surface area contributed by atoms with Crippen LogP contribution in [0.25, 0.3) is 11.0 Å². The van der Waals surface area contributed by atoms with Crippen LogP contribution in [0.2, 0.25) is 0 Å². The van der Waals surface area contributed by atoms with Crippen molar-refractivity contribution in [1.29, 1.82) is 0 Å². The van der Waals surface area contributed by atoms with E-state index in [2.05, 4.69) is 4.98 Å². The molecule has 4 aromatic rings. The lowest BCUT2D eigenvalue weighted by Crippen LogP contribution is -2.16. The number of hydrogen-bond donors (Lipinski definition) is 0. The quantitative estimate of drug-likeness (QED) is 0.511. The highest BCUT2D eigenvalue weighted by Gasteiger charge is 2.24. The monoisotopic (exact) mass is 392 g/mol. The molecule has 28 heavy (non-hydrogen) atoms. The van der Waals surface area contributed by atoms with Gasteiger partial charge in [0.05, 0.1) is 23.0 Å². The van der Waals surface area contributed by atoms with Crippen LogP contribution < -0.4 is 4.74 Å². The standard InChI is InChI=1S/C22H20N2O3S/c1-16-11-13-18(14-12-16)28(25,26)24-20-9-5-4-8-19(20)23-22(24)15-17-7-3-6-10-21(17)27-2/h3-14H,15H2,1-2H3. The Bertz CT molecular complexity index is 1240. The van der Waals surface area contributed by atoms with Gasteiger partial charge in [-0.05, 0) is 37.3 Å². The van der Waals surface area contributed by atoms with Crippen LogP contribution in [0.1, 0.15) is 17.0 Å². The number of aromatic nitrogens is 2. The summed E-state index contributed by atoms with van der Waals surface area (Å²) < 4.78 is 33.7. The fourth-order valence-electron chi connectivity index (χ4n) is 3.27. The number of para-hydroxylation sites is 3. The summed E-state index contributed by atoms with van der Waals surface area (Å²) in [6.45, 7) is 1.93. The first-order chi connectivity index (χ1) is 13.5. The van der Waals surface area contributed by atoms with Gasteiger partial charge in [0.2, 0.25) is 0 Å². The Hall–Kier alpha value is -3.12. The van der Waals surface area contributed by atoms with Gasteiger partial charge in [0.25, 0.3) is 10.0 Å². The van der Waals surface area contributed by atoms with Crippen LogP contribution >= 0.6 is 0 Å². The lowest BCUT2D eigenvalue weighted by atomic mass is 10.1. The normalized spacial score (nSPS) is 11.6. The van der Waals surface area contributed by atoms with Crippen LogP contribution in [-0.2, 0) is 16.4 Å². The van der Waals surface area contributed by atoms with Gasteiger partial charge < -0.3 is 4.74 Å². The Morgan fingerprint density at radius 2 is 1.61 bits per heavy atom. The van der Waals surface area contributed by atoms with Crippen molar-refractivity contribution < 1.29 is 13.2 Å². The molecule has 5 nitrogen and oxygen atoms in total. The molecular weight excluding hydrogens is 372 g/mol. The second-order valence-corrected chi connectivity index (χ2v) is 8.37. The molecule has 0 amide bonds. The molecule has 1 heterocycles. The van der Waals surface area contributed by atoms with E-state index in [1.54, 1.807) is 37.4 Å². The number of fused-ring (bicyclic) bond motifs is 1. The fourth-order valence-corrected chi connectivity index (χ4v) is 4.76. The molecule has 0 fully saturated rings. The van der Waals surface area contributed by atoms with Crippen molar-refractivity contribution in [3.05, 3.63) is 89.7 Å². The molecule has 0 atom stereocenters. The number of ether oxygens (including phenoxy) is 1. The summed E-state index contributed by atoms with van der Waals surface area (Å²) >= 11 is 0. The maximum absolute atomic E-state index is 13.5. The van der Waals surface area contributed by atoms with Gasteiger partial charge in [0.1, 0.15) is 11.6 Å². The van der Waals surface area contributed by atoms with Crippen molar-refractivity contribution in [2.24, 2.45) is 0 Å². The van der Waals surface area contributed by atoms with Crippen LogP contribution in [0.3, 0.4) is 0 Å². The predicted molar refractivity (Wildman–Crippen MR) is 109 cm³/mol. The molecule has 4 rings (SSSR count). The Labute approximate surface area is 164 Å². The molecule has 1 aromatic heterocycles. The zero-order valence-corrected chi connectivity index (χ0v) is 16.5. The minimum atomic E-state index is -3.80. The van der Waals surface area contributed by atoms with Crippen LogP contribution in [0, 0.1) is 6.92 Å². The highest BCUT2D eigenvalue weighted by molar-refractivity contribution is 7.90. The Kier molecular flexibility index (Phi) is 4.65. The Morgan fingerprint density at radius 1 is 0.929 bits per heavy atom. The molecular formula is C22H20N2O3S. The minimum absolute atomic E-state index is 0.238. The van der Waals surface area contributed by atoms with E-state index in [1.165, 1.54) is 3.97 Å². The van der Waals surface area contributed by atoms with E-state index in [-0.39, 0.29) is 4.90 Å². The van der Waals surface area contributed by atoms with E-state index < -0.39 is 10.0 Å². The van der Waals surface area contributed by atoms with Crippen LogP contribution in [-0.4, -0.2) is 24.5 Å². The summed E-state index contributed by atoms with van der Waals surface area (Å²) in [5.41, 5.74) is 3.08. The smallest absolute Gasteiger partial charge is 0.269 e. The average molecular weight is 392 g/mol.